The summed E-state index contributed by atoms with van der Waals surface area (Å²) in [4.78, 5) is 12.5. The molecule has 3 nitrogen and oxygen atoms in total. The molecule has 0 spiro atoms. The predicted octanol–water partition coefficient (Wildman–Crippen LogP) is 4.01. The van der Waals surface area contributed by atoms with Crippen LogP contribution < -0.4 is 10.1 Å². The second-order valence-corrected chi connectivity index (χ2v) is 7.59. The summed E-state index contributed by atoms with van der Waals surface area (Å²) in [5.74, 6) is 3.20. The highest BCUT2D eigenvalue weighted by Crippen LogP contribution is 2.49. The van der Waals surface area contributed by atoms with E-state index >= 15 is 0 Å². The number of hydrogen-bond donors (Lipinski definition) is 1. The van der Waals surface area contributed by atoms with Crippen molar-refractivity contribution in [2.24, 2.45) is 17.8 Å². The average molecular weight is 315 g/mol. The van der Waals surface area contributed by atoms with E-state index in [4.69, 9.17) is 4.74 Å². The van der Waals surface area contributed by atoms with Gasteiger partial charge in [-0.2, -0.15) is 0 Å². The van der Waals surface area contributed by atoms with Crippen LogP contribution >= 0.6 is 0 Å². The molecule has 2 fully saturated rings. The second kappa shape index (κ2) is 6.54. The number of hydrogen-bond acceptors (Lipinski definition) is 2. The summed E-state index contributed by atoms with van der Waals surface area (Å²) in [6.45, 7) is 8.09. The van der Waals surface area contributed by atoms with Gasteiger partial charge < -0.3 is 10.1 Å². The van der Waals surface area contributed by atoms with Crippen LogP contribution in [0.15, 0.2) is 18.2 Å². The van der Waals surface area contributed by atoms with Crippen molar-refractivity contribution in [2.75, 3.05) is 0 Å². The molecule has 1 aromatic carbocycles. The minimum Gasteiger partial charge on any atom is -0.481 e. The van der Waals surface area contributed by atoms with Crippen LogP contribution in [0.5, 0.6) is 5.75 Å². The van der Waals surface area contributed by atoms with Crippen LogP contribution in [0, 0.1) is 31.6 Å². The number of amides is 1. The summed E-state index contributed by atoms with van der Waals surface area (Å²) < 4.78 is 5.90. The standard InChI is InChI=1S/C20H29NO2/c1-12-6-5-7-19(13(12)2)23-15(4)20(22)21-14(3)18-11-16-8-9-17(18)10-16/h5-7,14-18H,8-11H2,1-4H3,(H,21,22). The summed E-state index contributed by atoms with van der Waals surface area (Å²) in [5.41, 5.74) is 2.29. The third-order valence-corrected chi connectivity index (χ3v) is 6.03. The molecule has 5 atom stereocenters. The van der Waals surface area contributed by atoms with Gasteiger partial charge in [0.25, 0.3) is 5.91 Å². The van der Waals surface area contributed by atoms with Gasteiger partial charge in [0.15, 0.2) is 6.10 Å². The van der Waals surface area contributed by atoms with Crippen molar-refractivity contribution in [1.29, 1.82) is 0 Å². The fraction of sp³-hybridized carbons (Fsp3) is 0.650. The molecule has 1 N–H and O–H groups in total. The maximum absolute atomic E-state index is 12.5. The van der Waals surface area contributed by atoms with E-state index in [1.807, 2.05) is 26.0 Å². The lowest BCUT2D eigenvalue weighted by atomic mass is 9.84. The average Bonchev–Trinajstić information content (AvgIpc) is 3.14. The first-order chi connectivity index (χ1) is 11.0. The second-order valence-electron chi connectivity index (χ2n) is 7.59. The number of fused-ring (bicyclic) bond motifs is 2. The highest BCUT2D eigenvalue weighted by molar-refractivity contribution is 5.81. The molecular formula is C20H29NO2. The smallest absolute Gasteiger partial charge is 0.260 e. The fourth-order valence-corrected chi connectivity index (χ4v) is 4.45. The van der Waals surface area contributed by atoms with Crippen molar-refractivity contribution in [2.45, 2.75) is 65.5 Å². The third kappa shape index (κ3) is 3.39. The molecule has 2 bridgehead atoms. The lowest BCUT2D eigenvalue weighted by Crippen LogP contribution is -2.45. The zero-order valence-corrected chi connectivity index (χ0v) is 14.8. The Morgan fingerprint density at radius 1 is 1.22 bits per heavy atom. The minimum atomic E-state index is -0.462. The Bertz CT molecular complexity index is 583. The maximum atomic E-state index is 12.5. The monoisotopic (exact) mass is 315 g/mol. The lowest BCUT2D eigenvalue weighted by Gasteiger charge is -2.29. The number of benzene rings is 1. The topological polar surface area (TPSA) is 38.3 Å². The molecule has 3 rings (SSSR count). The molecule has 2 aliphatic rings. The van der Waals surface area contributed by atoms with Crippen molar-refractivity contribution in [3.63, 3.8) is 0 Å². The van der Waals surface area contributed by atoms with Gasteiger partial charge in [-0.1, -0.05) is 18.6 Å². The molecular weight excluding hydrogens is 286 g/mol. The van der Waals surface area contributed by atoms with E-state index in [0.717, 1.165) is 23.1 Å². The van der Waals surface area contributed by atoms with Gasteiger partial charge in [-0.3, -0.25) is 4.79 Å². The number of carbonyl (C=O) groups excluding carboxylic acids is 1. The van der Waals surface area contributed by atoms with E-state index < -0.39 is 6.10 Å². The number of nitrogens with one attached hydrogen (secondary N) is 1. The SMILES string of the molecule is Cc1cccc(OC(C)C(=O)NC(C)C2CC3CCC2C3)c1C. The zero-order chi connectivity index (χ0) is 16.6. The molecule has 0 aromatic heterocycles. The van der Waals surface area contributed by atoms with Crippen molar-refractivity contribution in [3.8, 4) is 5.75 Å². The largest absolute Gasteiger partial charge is 0.481 e. The summed E-state index contributed by atoms with van der Waals surface area (Å²) in [5, 5.41) is 3.20. The van der Waals surface area contributed by atoms with Crippen molar-refractivity contribution in [1.82, 2.24) is 5.32 Å². The van der Waals surface area contributed by atoms with Crippen LogP contribution in [0.25, 0.3) is 0 Å². The highest BCUT2D eigenvalue weighted by Gasteiger charge is 2.42. The van der Waals surface area contributed by atoms with Gasteiger partial charge in [0.2, 0.25) is 0 Å². The molecule has 1 amide bonds. The normalized spacial score (nSPS) is 28.4. The van der Waals surface area contributed by atoms with Crippen LogP contribution in [-0.2, 0) is 4.79 Å². The Morgan fingerprint density at radius 2 is 2.00 bits per heavy atom. The van der Waals surface area contributed by atoms with E-state index in [1.54, 1.807) is 0 Å². The molecule has 0 radical (unpaired) electrons. The molecule has 126 valence electrons. The third-order valence-electron chi connectivity index (χ3n) is 6.03. The Hall–Kier alpha value is -1.51. The quantitative estimate of drug-likeness (QED) is 0.891. The lowest BCUT2D eigenvalue weighted by molar-refractivity contribution is -0.128. The molecule has 2 aliphatic carbocycles. The van der Waals surface area contributed by atoms with Gasteiger partial charge in [0, 0.05) is 6.04 Å². The summed E-state index contributed by atoms with van der Waals surface area (Å²) in [6.07, 6.45) is 4.95. The highest BCUT2D eigenvalue weighted by atomic mass is 16.5. The Balaban J connectivity index is 1.56. The van der Waals surface area contributed by atoms with Crippen LogP contribution in [0.3, 0.4) is 0 Å². The number of carbonyl (C=O) groups is 1. The summed E-state index contributed by atoms with van der Waals surface area (Å²) in [6, 6.07) is 6.22. The van der Waals surface area contributed by atoms with Crippen LogP contribution in [0.1, 0.15) is 50.7 Å². The molecule has 0 saturated heterocycles. The first-order valence-corrected chi connectivity index (χ1v) is 8.99. The van der Waals surface area contributed by atoms with Gasteiger partial charge in [-0.15, -0.1) is 0 Å². The van der Waals surface area contributed by atoms with Crippen molar-refractivity contribution < 1.29 is 9.53 Å². The number of aryl methyl sites for hydroxylation is 1. The molecule has 0 heterocycles. The predicted molar refractivity (Wildman–Crippen MR) is 92.5 cm³/mol. The molecule has 3 heteroatoms. The van der Waals surface area contributed by atoms with E-state index in [1.165, 1.54) is 31.2 Å². The molecule has 5 unspecified atom stereocenters. The minimum absolute atomic E-state index is 0.00109. The van der Waals surface area contributed by atoms with Gasteiger partial charge in [0.05, 0.1) is 0 Å². The van der Waals surface area contributed by atoms with E-state index in [2.05, 4.69) is 25.2 Å². The van der Waals surface area contributed by atoms with Gasteiger partial charge in [0.1, 0.15) is 5.75 Å². The van der Waals surface area contributed by atoms with E-state index in [-0.39, 0.29) is 11.9 Å². The molecule has 1 aromatic rings. The van der Waals surface area contributed by atoms with Gasteiger partial charge >= 0.3 is 0 Å². The fourth-order valence-electron chi connectivity index (χ4n) is 4.45. The maximum Gasteiger partial charge on any atom is 0.260 e. The van der Waals surface area contributed by atoms with Gasteiger partial charge in [-0.05, 0) is 81.9 Å². The molecule has 2 saturated carbocycles. The van der Waals surface area contributed by atoms with Crippen molar-refractivity contribution in [3.05, 3.63) is 29.3 Å². The van der Waals surface area contributed by atoms with Crippen LogP contribution in [0.4, 0.5) is 0 Å². The van der Waals surface area contributed by atoms with E-state index in [0.29, 0.717) is 5.92 Å². The molecule has 23 heavy (non-hydrogen) atoms. The summed E-state index contributed by atoms with van der Waals surface area (Å²) >= 11 is 0. The number of ether oxygens (including phenoxy) is 1. The van der Waals surface area contributed by atoms with Crippen LogP contribution in [0.2, 0.25) is 0 Å². The number of rotatable bonds is 5. The Morgan fingerprint density at radius 3 is 2.65 bits per heavy atom. The first-order valence-electron chi connectivity index (χ1n) is 8.99. The molecule has 0 aliphatic heterocycles. The summed E-state index contributed by atoms with van der Waals surface area (Å²) in [7, 11) is 0. The van der Waals surface area contributed by atoms with Crippen LogP contribution in [-0.4, -0.2) is 18.1 Å². The van der Waals surface area contributed by atoms with E-state index in [9.17, 15) is 4.79 Å². The first kappa shape index (κ1) is 16.4. The van der Waals surface area contributed by atoms with Gasteiger partial charge in [-0.25, -0.2) is 0 Å². The Kier molecular flexibility index (Phi) is 4.65. The Labute approximate surface area is 139 Å². The zero-order valence-electron chi connectivity index (χ0n) is 14.8. The van der Waals surface area contributed by atoms with Crippen molar-refractivity contribution >= 4 is 5.91 Å².